The van der Waals surface area contributed by atoms with Crippen molar-refractivity contribution in [3.8, 4) is 45.3 Å². The zero-order valence-electron chi connectivity index (χ0n) is 18.2. The van der Waals surface area contributed by atoms with Gasteiger partial charge in [-0.25, -0.2) is 0 Å². The van der Waals surface area contributed by atoms with Crippen LogP contribution in [0, 0.1) is 0 Å². The van der Waals surface area contributed by atoms with Crippen molar-refractivity contribution >= 4 is 0 Å². The van der Waals surface area contributed by atoms with E-state index in [1.807, 2.05) is 72.8 Å². The van der Waals surface area contributed by atoms with Crippen molar-refractivity contribution in [1.82, 2.24) is 0 Å². The van der Waals surface area contributed by atoms with Crippen LogP contribution in [0.2, 0.25) is 0 Å². The second-order valence-corrected chi connectivity index (χ2v) is 7.45. The molecule has 2 N–H and O–H groups in total. The van der Waals surface area contributed by atoms with Gasteiger partial charge in [-0.2, -0.15) is 0 Å². The van der Waals surface area contributed by atoms with Gasteiger partial charge in [-0.1, -0.05) is 48.5 Å². The quantitative estimate of drug-likeness (QED) is 0.299. The van der Waals surface area contributed by atoms with E-state index in [1.165, 1.54) is 0 Å². The number of rotatable bonds is 10. The van der Waals surface area contributed by atoms with Gasteiger partial charge in [0.2, 0.25) is 0 Å². The van der Waals surface area contributed by atoms with Crippen LogP contribution in [0.3, 0.4) is 0 Å². The summed E-state index contributed by atoms with van der Waals surface area (Å²) < 4.78 is 17.0. The molecule has 0 bridgehead atoms. The topological polar surface area (TPSA) is 68.2 Å². The first kappa shape index (κ1) is 22.2. The van der Waals surface area contributed by atoms with E-state index in [1.54, 1.807) is 24.3 Å². The lowest BCUT2D eigenvalue weighted by molar-refractivity contribution is 0.0764. The van der Waals surface area contributed by atoms with Crippen molar-refractivity contribution < 1.29 is 24.4 Å². The Bertz CT molecular complexity index is 1030. The smallest absolute Gasteiger partial charge is 0.119 e. The largest absolute Gasteiger partial charge is 0.508 e. The molecule has 4 aromatic rings. The molecule has 0 amide bonds. The van der Waals surface area contributed by atoms with Gasteiger partial charge in [-0.15, -0.1) is 0 Å². The van der Waals surface area contributed by atoms with E-state index < -0.39 is 0 Å². The normalized spacial score (nSPS) is 10.7. The van der Waals surface area contributed by atoms with Crippen LogP contribution in [0.4, 0.5) is 0 Å². The highest BCUT2D eigenvalue weighted by molar-refractivity contribution is 5.65. The standard InChI is InChI=1S/C28H26O5/c29-25-9-1-21(2-10-25)23-5-13-27(14-6-23)32-19-17-31-18-20-33-28-15-7-24(8-16-28)22-3-11-26(30)12-4-22/h1-16,29-30H,17-20H2. The van der Waals surface area contributed by atoms with Crippen LogP contribution in [0.25, 0.3) is 22.3 Å². The molecule has 0 radical (unpaired) electrons. The number of benzene rings is 4. The Labute approximate surface area is 193 Å². The molecule has 0 aliphatic carbocycles. The molecule has 0 aliphatic rings. The van der Waals surface area contributed by atoms with Crippen molar-refractivity contribution in [1.29, 1.82) is 0 Å². The van der Waals surface area contributed by atoms with Crippen LogP contribution >= 0.6 is 0 Å². The van der Waals surface area contributed by atoms with Gasteiger partial charge in [0.25, 0.3) is 0 Å². The lowest BCUT2D eigenvalue weighted by Crippen LogP contribution is -2.12. The maximum absolute atomic E-state index is 9.39. The van der Waals surface area contributed by atoms with Gasteiger partial charge in [0.15, 0.2) is 0 Å². The van der Waals surface area contributed by atoms with Crippen LogP contribution in [0.15, 0.2) is 97.1 Å². The second kappa shape index (κ2) is 11.1. The van der Waals surface area contributed by atoms with Crippen LogP contribution in [0.1, 0.15) is 0 Å². The number of hydrogen-bond acceptors (Lipinski definition) is 5. The zero-order valence-corrected chi connectivity index (χ0v) is 18.2. The molecule has 0 saturated heterocycles. The zero-order chi connectivity index (χ0) is 22.9. The minimum atomic E-state index is 0.257. The highest BCUT2D eigenvalue weighted by Crippen LogP contribution is 2.25. The average molecular weight is 443 g/mol. The Hall–Kier alpha value is -3.96. The fourth-order valence-corrected chi connectivity index (χ4v) is 3.33. The Kier molecular flexibility index (Phi) is 7.46. The lowest BCUT2D eigenvalue weighted by atomic mass is 10.1. The molecule has 0 heterocycles. The Morgan fingerprint density at radius 3 is 1.03 bits per heavy atom. The molecule has 0 aliphatic heterocycles. The number of hydrogen-bond donors (Lipinski definition) is 2. The third kappa shape index (κ3) is 6.51. The fraction of sp³-hybridized carbons (Fsp3) is 0.143. The van der Waals surface area contributed by atoms with Gasteiger partial charge in [0, 0.05) is 0 Å². The summed E-state index contributed by atoms with van der Waals surface area (Å²) in [6.07, 6.45) is 0. The molecule has 33 heavy (non-hydrogen) atoms. The number of phenols is 2. The number of phenolic OH excluding ortho intramolecular Hbond substituents is 2. The number of ether oxygens (including phenoxy) is 3. The first-order valence-corrected chi connectivity index (χ1v) is 10.8. The summed E-state index contributed by atoms with van der Waals surface area (Å²) in [4.78, 5) is 0. The molecule has 168 valence electrons. The lowest BCUT2D eigenvalue weighted by Gasteiger charge is -2.10. The molecule has 4 rings (SSSR count). The molecule has 0 atom stereocenters. The van der Waals surface area contributed by atoms with E-state index in [9.17, 15) is 10.2 Å². The van der Waals surface area contributed by atoms with Gasteiger partial charge >= 0.3 is 0 Å². The first-order chi connectivity index (χ1) is 16.2. The maximum atomic E-state index is 9.39. The second-order valence-electron chi connectivity index (χ2n) is 7.45. The van der Waals surface area contributed by atoms with Gasteiger partial charge in [0.05, 0.1) is 13.2 Å². The summed E-state index contributed by atoms with van der Waals surface area (Å²) in [7, 11) is 0. The molecule has 0 aromatic heterocycles. The van der Waals surface area contributed by atoms with E-state index in [-0.39, 0.29) is 11.5 Å². The third-order valence-electron chi connectivity index (χ3n) is 5.10. The molecule has 5 nitrogen and oxygen atoms in total. The van der Waals surface area contributed by atoms with E-state index in [0.29, 0.717) is 26.4 Å². The molecular formula is C28H26O5. The van der Waals surface area contributed by atoms with Crippen LogP contribution in [-0.2, 0) is 4.74 Å². The van der Waals surface area contributed by atoms with E-state index in [2.05, 4.69) is 0 Å². The maximum Gasteiger partial charge on any atom is 0.119 e. The Morgan fingerprint density at radius 1 is 0.394 bits per heavy atom. The minimum Gasteiger partial charge on any atom is -0.508 e. The van der Waals surface area contributed by atoms with Crippen molar-refractivity contribution in [3.05, 3.63) is 97.1 Å². The summed E-state index contributed by atoms with van der Waals surface area (Å²) in [6.45, 7) is 1.87. The summed E-state index contributed by atoms with van der Waals surface area (Å²) in [5.41, 5.74) is 4.20. The first-order valence-electron chi connectivity index (χ1n) is 10.8. The molecule has 5 heteroatoms. The average Bonchev–Trinajstić information content (AvgIpc) is 2.85. The monoisotopic (exact) mass is 442 g/mol. The van der Waals surface area contributed by atoms with Crippen molar-refractivity contribution in [2.24, 2.45) is 0 Å². The summed E-state index contributed by atoms with van der Waals surface area (Å²) in [5.74, 6) is 2.08. The van der Waals surface area contributed by atoms with Crippen molar-refractivity contribution in [3.63, 3.8) is 0 Å². The van der Waals surface area contributed by atoms with Gasteiger partial charge < -0.3 is 24.4 Å². The highest BCUT2D eigenvalue weighted by atomic mass is 16.5. The van der Waals surface area contributed by atoms with Gasteiger partial charge in [0.1, 0.15) is 36.2 Å². The summed E-state index contributed by atoms with van der Waals surface area (Å²) >= 11 is 0. The van der Waals surface area contributed by atoms with Gasteiger partial charge in [-0.05, 0) is 70.8 Å². The van der Waals surface area contributed by atoms with E-state index in [4.69, 9.17) is 14.2 Å². The predicted octanol–water partition coefficient (Wildman–Crippen LogP) is 5.91. The van der Waals surface area contributed by atoms with Gasteiger partial charge in [-0.3, -0.25) is 0 Å². The number of aromatic hydroxyl groups is 2. The summed E-state index contributed by atoms with van der Waals surface area (Å²) in [6, 6.07) is 29.9. The minimum absolute atomic E-state index is 0.257. The van der Waals surface area contributed by atoms with Crippen LogP contribution in [-0.4, -0.2) is 36.6 Å². The van der Waals surface area contributed by atoms with E-state index in [0.717, 1.165) is 33.8 Å². The van der Waals surface area contributed by atoms with Crippen molar-refractivity contribution in [2.75, 3.05) is 26.4 Å². The van der Waals surface area contributed by atoms with Crippen LogP contribution < -0.4 is 9.47 Å². The molecule has 0 fully saturated rings. The molecule has 0 saturated carbocycles. The van der Waals surface area contributed by atoms with Crippen LogP contribution in [0.5, 0.6) is 23.0 Å². The Balaban J connectivity index is 1.12. The SMILES string of the molecule is Oc1ccc(-c2ccc(OCCOCCOc3ccc(-c4ccc(O)cc4)cc3)cc2)cc1. The molecule has 4 aromatic carbocycles. The predicted molar refractivity (Wildman–Crippen MR) is 129 cm³/mol. The molecule has 0 unspecified atom stereocenters. The Morgan fingerprint density at radius 2 is 0.697 bits per heavy atom. The molecular weight excluding hydrogens is 416 g/mol. The molecule has 0 spiro atoms. The fourth-order valence-electron chi connectivity index (χ4n) is 3.33. The highest BCUT2D eigenvalue weighted by Gasteiger charge is 2.01. The van der Waals surface area contributed by atoms with Crippen molar-refractivity contribution in [2.45, 2.75) is 0 Å². The summed E-state index contributed by atoms with van der Waals surface area (Å²) in [5, 5.41) is 18.8. The third-order valence-corrected chi connectivity index (χ3v) is 5.10. The van der Waals surface area contributed by atoms with E-state index >= 15 is 0 Å².